The first-order valence-corrected chi connectivity index (χ1v) is 10.4. The maximum absolute atomic E-state index is 13.4. The summed E-state index contributed by atoms with van der Waals surface area (Å²) in [5.41, 5.74) is 1.24. The van der Waals surface area contributed by atoms with Crippen LogP contribution in [0.15, 0.2) is 98.8 Å². The molecule has 0 radical (unpaired) electrons. The number of aromatic nitrogens is 2. The molecule has 4 aromatic rings. The highest BCUT2D eigenvalue weighted by molar-refractivity contribution is 7.85. The molecular formula is C21H15FN4O4S. The number of rotatable bonds is 5. The van der Waals surface area contributed by atoms with E-state index in [0.717, 1.165) is 0 Å². The molecule has 31 heavy (non-hydrogen) atoms. The summed E-state index contributed by atoms with van der Waals surface area (Å²) >= 11 is 0. The third-order valence-electron chi connectivity index (χ3n) is 4.41. The number of para-hydroxylation sites is 1. The van der Waals surface area contributed by atoms with Crippen LogP contribution in [0.25, 0.3) is 16.9 Å². The molecule has 0 saturated heterocycles. The minimum Gasteiger partial charge on any atom is -0.288 e. The van der Waals surface area contributed by atoms with Gasteiger partial charge in [0.25, 0.3) is 15.7 Å². The van der Waals surface area contributed by atoms with Crippen molar-refractivity contribution in [3.63, 3.8) is 0 Å². The lowest BCUT2D eigenvalue weighted by atomic mass is 10.1. The molecule has 0 bridgehead atoms. The van der Waals surface area contributed by atoms with Crippen molar-refractivity contribution >= 4 is 21.5 Å². The van der Waals surface area contributed by atoms with Crippen molar-refractivity contribution in [2.45, 2.75) is 4.90 Å². The summed E-state index contributed by atoms with van der Waals surface area (Å²) in [7, 11) is -4.33. The second-order valence-corrected chi connectivity index (χ2v) is 7.91. The molecule has 0 unspecified atom stereocenters. The van der Waals surface area contributed by atoms with E-state index in [4.69, 9.17) is 4.55 Å². The first kappa shape index (κ1) is 20.4. The van der Waals surface area contributed by atoms with Crippen LogP contribution in [0.3, 0.4) is 0 Å². The van der Waals surface area contributed by atoms with Gasteiger partial charge in [-0.3, -0.25) is 14.4 Å². The van der Waals surface area contributed by atoms with Gasteiger partial charge in [-0.05, 0) is 60.7 Å². The van der Waals surface area contributed by atoms with E-state index in [1.807, 2.05) is 6.07 Å². The summed E-state index contributed by atoms with van der Waals surface area (Å²) in [6, 6.07) is 19.4. The highest BCUT2D eigenvalue weighted by Crippen LogP contribution is 2.28. The Hall–Kier alpha value is -3.89. The lowest BCUT2D eigenvalue weighted by molar-refractivity contribution is 0.483. The predicted molar refractivity (Wildman–Crippen MR) is 112 cm³/mol. The van der Waals surface area contributed by atoms with Gasteiger partial charge < -0.3 is 0 Å². The van der Waals surface area contributed by atoms with E-state index in [1.165, 1.54) is 53.2 Å². The highest BCUT2D eigenvalue weighted by atomic mass is 32.2. The Balaban J connectivity index is 1.80. The van der Waals surface area contributed by atoms with E-state index in [9.17, 15) is 17.6 Å². The summed E-state index contributed by atoms with van der Waals surface area (Å²) < 4.78 is 46.0. The minimum atomic E-state index is -4.33. The van der Waals surface area contributed by atoms with Crippen molar-refractivity contribution in [1.82, 2.24) is 9.78 Å². The molecule has 0 saturated carbocycles. The summed E-state index contributed by atoms with van der Waals surface area (Å²) in [5.74, 6) is -0.421. The molecule has 4 rings (SSSR count). The zero-order chi connectivity index (χ0) is 22.0. The van der Waals surface area contributed by atoms with Crippen LogP contribution in [0.4, 0.5) is 15.8 Å². The highest BCUT2D eigenvalue weighted by Gasteiger charge is 2.17. The Morgan fingerprint density at radius 2 is 1.52 bits per heavy atom. The maximum Gasteiger partial charge on any atom is 0.299 e. The molecule has 0 spiro atoms. The van der Waals surface area contributed by atoms with E-state index >= 15 is 0 Å². The molecule has 0 aliphatic rings. The number of hydrogen-bond donors (Lipinski definition) is 2. The molecule has 0 fully saturated rings. The SMILES string of the molecule is O=c1c(N=Nc2ccc(S(=O)(=O)O)cc2)c(-c2ccc(F)cc2)[nH]n1-c1ccccc1. The summed E-state index contributed by atoms with van der Waals surface area (Å²) in [6.07, 6.45) is 0. The second-order valence-electron chi connectivity index (χ2n) is 6.49. The van der Waals surface area contributed by atoms with Gasteiger partial charge in [0.05, 0.1) is 22.0 Å². The molecule has 0 atom stereocenters. The average molecular weight is 438 g/mol. The van der Waals surface area contributed by atoms with Crippen molar-refractivity contribution in [2.75, 3.05) is 0 Å². The van der Waals surface area contributed by atoms with Crippen LogP contribution in [0.2, 0.25) is 0 Å². The second kappa shape index (κ2) is 8.09. The van der Waals surface area contributed by atoms with Gasteiger partial charge in [-0.1, -0.05) is 18.2 Å². The van der Waals surface area contributed by atoms with Crippen LogP contribution in [0.1, 0.15) is 0 Å². The standard InChI is InChI=1S/C21H15FN4O4S/c22-15-8-6-14(7-9-15)19-20(21(27)26(25-19)17-4-2-1-3-5-17)24-23-16-10-12-18(13-11-16)31(28,29)30/h1-13,25H,(H,28,29,30). The number of benzene rings is 3. The van der Waals surface area contributed by atoms with Crippen LogP contribution >= 0.6 is 0 Å². The molecule has 156 valence electrons. The van der Waals surface area contributed by atoms with Gasteiger partial charge in [0.1, 0.15) is 5.82 Å². The fraction of sp³-hybridized carbons (Fsp3) is 0. The molecule has 3 aromatic carbocycles. The zero-order valence-electron chi connectivity index (χ0n) is 15.8. The van der Waals surface area contributed by atoms with Gasteiger partial charge >= 0.3 is 0 Å². The van der Waals surface area contributed by atoms with Crippen LogP contribution in [0.5, 0.6) is 0 Å². The molecule has 0 aliphatic carbocycles. The number of nitrogens with zero attached hydrogens (tertiary/aromatic N) is 3. The number of H-pyrrole nitrogens is 1. The predicted octanol–water partition coefficient (Wildman–Crippen LogP) is 4.63. The number of aromatic amines is 1. The largest absolute Gasteiger partial charge is 0.299 e. The Morgan fingerprint density at radius 1 is 0.871 bits per heavy atom. The van der Waals surface area contributed by atoms with Gasteiger partial charge in [0.15, 0.2) is 5.69 Å². The van der Waals surface area contributed by atoms with Gasteiger partial charge in [-0.2, -0.15) is 13.5 Å². The molecule has 0 aliphatic heterocycles. The van der Waals surface area contributed by atoms with E-state index < -0.39 is 21.5 Å². The van der Waals surface area contributed by atoms with Crippen LogP contribution in [-0.2, 0) is 10.1 Å². The van der Waals surface area contributed by atoms with Crippen LogP contribution < -0.4 is 5.56 Å². The normalized spacial score (nSPS) is 11.8. The number of hydrogen-bond acceptors (Lipinski definition) is 5. The Bertz CT molecular complexity index is 1410. The Morgan fingerprint density at radius 3 is 2.13 bits per heavy atom. The summed E-state index contributed by atoms with van der Waals surface area (Å²) in [6.45, 7) is 0. The zero-order valence-corrected chi connectivity index (χ0v) is 16.6. The monoisotopic (exact) mass is 438 g/mol. The minimum absolute atomic E-state index is 0.00526. The smallest absolute Gasteiger partial charge is 0.288 e. The Kier molecular flexibility index (Phi) is 5.32. The van der Waals surface area contributed by atoms with Crippen molar-refractivity contribution in [1.29, 1.82) is 0 Å². The van der Waals surface area contributed by atoms with Crippen molar-refractivity contribution in [3.05, 3.63) is 95.0 Å². The third kappa shape index (κ3) is 4.34. The molecule has 10 heteroatoms. The Labute approximate surface area is 176 Å². The molecular weight excluding hydrogens is 423 g/mol. The summed E-state index contributed by atoms with van der Waals surface area (Å²) in [4.78, 5) is 12.7. The number of halogens is 1. The molecule has 1 aromatic heterocycles. The lowest BCUT2D eigenvalue weighted by Crippen LogP contribution is -2.13. The first-order valence-electron chi connectivity index (χ1n) is 8.98. The van der Waals surface area contributed by atoms with Crippen molar-refractivity contribution in [3.8, 4) is 16.9 Å². The van der Waals surface area contributed by atoms with Gasteiger partial charge in [-0.25, -0.2) is 9.07 Å². The average Bonchev–Trinajstić information content (AvgIpc) is 3.09. The van der Waals surface area contributed by atoms with Crippen molar-refractivity contribution in [2.24, 2.45) is 10.2 Å². The van der Waals surface area contributed by atoms with Crippen LogP contribution in [0, 0.1) is 5.82 Å². The molecule has 1 heterocycles. The first-order chi connectivity index (χ1) is 14.8. The van der Waals surface area contributed by atoms with Gasteiger partial charge in [0, 0.05) is 5.56 Å². The van der Waals surface area contributed by atoms with E-state index in [2.05, 4.69) is 15.3 Å². The molecule has 0 amide bonds. The van der Waals surface area contributed by atoms with Gasteiger partial charge in [-0.15, -0.1) is 5.11 Å². The lowest BCUT2D eigenvalue weighted by Gasteiger charge is -2.01. The van der Waals surface area contributed by atoms with Crippen molar-refractivity contribution < 1.29 is 17.4 Å². The van der Waals surface area contributed by atoms with E-state index in [-0.39, 0.29) is 16.3 Å². The number of azo groups is 1. The van der Waals surface area contributed by atoms with E-state index in [1.54, 1.807) is 24.3 Å². The maximum atomic E-state index is 13.4. The summed E-state index contributed by atoms with van der Waals surface area (Å²) in [5, 5.41) is 11.1. The fourth-order valence-electron chi connectivity index (χ4n) is 2.89. The van der Waals surface area contributed by atoms with Gasteiger partial charge in [0.2, 0.25) is 0 Å². The molecule has 8 nitrogen and oxygen atoms in total. The fourth-order valence-corrected chi connectivity index (χ4v) is 3.37. The van der Waals surface area contributed by atoms with E-state index in [0.29, 0.717) is 16.9 Å². The molecule has 2 N–H and O–H groups in total. The quantitative estimate of drug-likeness (QED) is 0.349. The number of nitrogens with one attached hydrogen (secondary N) is 1. The topological polar surface area (TPSA) is 117 Å². The third-order valence-corrected chi connectivity index (χ3v) is 5.28. The van der Waals surface area contributed by atoms with Crippen LogP contribution in [-0.4, -0.2) is 22.8 Å².